The Kier molecular flexibility index (Phi) is 6.45. The van der Waals surface area contributed by atoms with Crippen LogP contribution in [0.1, 0.15) is 32.2 Å². The first kappa shape index (κ1) is 22.5. The number of alkyl halides is 3. The summed E-state index contributed by atoms with van der Waals surface area (Å²) in [6.07, 6.45) is -2.97. The van der Waals surface area contributed by atoms with Gasteiger partial charge in [0.25, 0.3) is 11.7 Å². The third kappa shape index (κ3) is 4.77. The number of benzene rings is 1. The minimum absolute atomic E-state index is 0.0858. The lowest BCUT2D eigenvalue weighted by Crippen LogP contribution is -2.36. The van der Waals surface area contributed by atoms with Gasteiger partial charge in [0.05, 0.1) is 34.7 Å². The van der Waals surface area contributed by atoms with E-state index in [0.717, 1.165) is 17.0 Å². The highest BCUT2D eigenvalue weighted by Crippen LogP contribution is 2.31. The Morgan fingerprint density at radius 1 is 1.23 bits per heavy atom. The zero-order chi connectivity index (χ0) is 22.8. The van der Waals surface area contributed by atoms with Crippen molar-refractivity contribution in [2.45, 2.75) is 26.6 Å². The molecule has 0 aliphatic rings. The van der Waals surface area contributed by atoms with Crippen molar-refractivity contribution >= 4 is 23.0 Å². The van der Waals surface area contributed by atoms with Crippen LogP contribution in [0, 0.1) is 13.8 Å². The van der Waals surface area contributed by atoms with Crippen molar-refractivity contribution in [1.29, 1.82) is 0 Å². The average molecular weight is 447 g/mol. The van der Waals surface area contributed by atoms with Crippen molar-refractivity contribution in [3.63, 3.8) is 0 Å². The Morgan fingerprint density at radius 3 is 2.58 bits per heavy atom. The molecule has 0 N–H and O–H groups in total. The Hall–Kier alpha value is -3.20. The number of hydrogen-bond donors (Lipinski definition) is 0. The molecule has 0 unspecified atom stereocenters. The first-order chi connectivity index (χ1) is 14.6. The lowest BCUT2D eigenvalue weighted by molar-refractivity contribution is -0.137. The minimum atomic E-state index is -4.51. The van der Waals surface area contributed by atoms with E-state index >= 15 is 0 Å². The number of ketones is 1. The third-order valence-electron chi connectivity index (χ3n) is 4.69. The zero-order valence-electron chi connectivity index (χ0n) is 16.9. The van der Waals surface area contributed by atoms with E-state index in [2.05, 4.69) is 11.7 Å². The van der Waals surface area contributed by atoms with E-state index in [4.69, 9.17) is 0 Å². The zero-order valence-corrected chi connectivity index (χ0v) is 17.8. The van der Waals surface area contributed by atoms with E-state index in [1.165, 1.54) is 39.1 Å². The molecule has 0 saturated carbocycles. The number of Topliss-reactive ketones (excluding diaryl/α,β-unsaturated/α-hetero) is 1. The van der Waals surface area contributed by atoms with Gasteiger partial charge < -0.3 is 4.90 Å². The van der Waals surface area contributed by atoms with Crippen LogP contribution in [0.3, 0.4) is 0 Å². The van der Waals surface area contributed by atoms with Crippen molar-refractivity contribution in [3.05, 3.63) is 81.8 Å². The number of aromatic nitrogens is 2. The summed E-state index contributed by atoms with van der Waals surface area (Å²) in [4.78, 5) is 28.3. The molecule has 31 heavy (non-hydrogen) atoms. The van der Waals surface area contributed by atoms with Crippen LogP contribution in [0.5, 0.6) is 0 Å². The van der Waals surface area contributed by atoms with E-state index < -0.39 is 23.4 Å². The van der Waals surface area contributed by atoms with Crippen LogP contribution >= 0.6 is 11.3 Å². The number of aryl methyl sites for hydroxylation is 1. The minimum Gasteiger partial charge on any atom is -0.327 e. The Labute approximate surface area is 181 Å². The van der Waals surface area contributed by atoms with E-state index in [0.29, 0.717) is 5.69 Å². The Morgan fingerprint density at radius 2 is 1.97 bits per heavy atom. The molecule has 0 spiro atoms. The van der Waals surface area contributed by atoms with Gasteiger partial charge in [0.2, 0.25) is 0 Å². The molecule has 3 rings (SSSR count). The molecule has 0 aliphatic carbocycles. The second-order valence-electron chi connectivity index (χ2n) is 6.89. The standard InChI is InChI=1S/C22H20F3N3O2S/c1-4-10-27(13-18-9-6-11-31-18)21(30)20(29)19-14(2)26-28(15(19)3)17-8-5-7-16(12-17)22(23,24)25/h4-9,11-12H,1,10,13H2,2-3H3. The van der Waals surface area contributed by atoms with Gasteiger partial charge in [-0.15, -0.1) is 17.9 Å². The van der Waals surface area contributed by atoms with Crippen LogP contribution in [0.2, 0.25) is 0 Å². The lowest BCUT2D eigenvalue weighted by Gasteiger charge is -2.19. The summed E-state index contributed by atoms with van der Waals surface area (Å²) in [6, 6.07) is 8.37. The molecule has 2 aromatic heterocycles. The molecule has 1 aromatic carbocycles. The second-order valence-corrected chi connectivity index (χ2v) is 7.92. The third-order valence-corrected chi connectivity index (χ3v) is 5.56. The van der Waals surface area contributed by atoms with Gasteiger partial charge in [-0.25, -0.2) is 4.68 Å². The van der Waals surface area contributed by atoms with Crippen LogP contribution in [0.15, 0.2) is 54.4 Å². The van der Waals surface area contributed by atoms with Gasteiger partial charge in [0, 0.05) is 11.4 Å². The number of carbonyl (C=O) groups excluding carboxylic acids is 2. The summed E-state index contributed by atoms with van der Waals surface area (Å²) in [5.74, 6) is -1.48. The highest BCUT2D eigenvalue weighted by molar-refractivity contribution is 7.09. The van der Waals surface area contributed by atoms with Gasteiger partial charge in [0.15, 0.2) is 0 Å². The molecule has 0 aliphatic heterocycles. The maximum absolute atomic E-state index is 13.1. The van der Waals surface area contributed by atoms with Crippen molar-refractivity contribution in [3.8, 4) is 5.69 Å². The molecule has 1 amide bonds. The molecule has 0 bridgehead atoms. The monoisotopic (exact) mass is 447 g/mol. The molecule has 2 heterocycles. The maximum atomic E-state index is 13.1. The van der Waals surface area contributed by atoms with Crippen LogP contribution in [-0.2, 0) is 17.5 Å². The molecule has 0 radical (unpaired) electrons. The van der Waals surface area contributed by atoms with Gasteiger partial charge in [-0.2, -0.15) is 18.3 Å². The van der Waals surface area contributed by atoms with Crippen molar-refractivity contribution in [2.75, 3.05) is 6.54 Å². The van der Waals surface area contributed by atoms with E-state index in [9.17, 15) is 22.8 Å². The van der Waals surface area contributed by atoms with E-state index in [-0.39, 0.29) is 30.0 Å². The average Bonchev–Trinajstić information content (AvgIpc) is 3.33. The van der Waals surface area contributed by atoms with Crippen LogP contribution in [0.4, 0.5) is 13.2 Å². The summed E-state index contributed by atoms with van der Waals surface area (Å²) < 4.78 is 40.5. The largest absolute Gasteiger partial charge is 0.416 e. The first-order valence-corrected chi connectivity index (χ1v) is 10.2. The predicted octanol–water partition coefficient (Wildman–Crippen LogP) is 4.97. The SMILES string of the molecule is C=CCN(Cc1cccs1)C(=O)C(=O)c1c(C)nn(-c2cccc(C(F)(F)F)c2)c1C. The summed E-state index contributed by atoms with van der Waals surface area (Å²) >= 11 is 1.47. The van der Waals surface area contributed by atoms with Crippen LogP contribution in [0.25, 0.3) is 5.69 Å². The fourth-order valence-corrected chi connectivity index (χ4v) is 3.97. The smallest absolute Gasteiger partial charge is 0.327 e. The topological polar surface area (TPSA) is 55.2 Å². The van der Waals surface area contributed by atoms with Crippen molar-refractivity contribution in [2.24, 2.45) is 0 Å². The quantitative estimate of drug-likeness (QED) is 0.292. The number of hydrogen-bond acceptors (Lipinski definition) is 4. The highest BCUT2D eigenvalue weighted by atomic mass is 32.1. The van der Waals surface area contributed by atoms with Gasteiger partial charge in [-0.3, -0.25) is 9.59 Å². The molecule has 5 nitrogen and oxygen atoms in total. The summed E-state index contributed by atoms with van der Waals surface area (Å²) in [5.41, 5.74) is -0.0199. The molecule has 9 heteroatoms. The molecule has 3 aromatic rings. The molecule has 0 atom stereocenters. The van der Waals surface area contributed by atoms with Crippen LogP contribution in [-0.4, -0.2) is 32.9 Å². The Bertz CT molecular complexity index is 1120. The Balaban J connectivity index is 1.94. The maximum Gasteiger partial charge on any atom is 0.416 e. The fraction of sp³-hybridized carbons (Fsp3) is 0.227. The van der Waals surface area contributed by atoms with E-state index in [1.54, 1.807) is 13.8 Å². The van der Waals surface area contributed by atoms with Gasteiger partial charge in [-0.05, 0) is 43.5 Å². The van der Waals surface area contributed by atoms with Gasteiger partial charge >= 0.3 is 6.18 Å². The molecular weight excluding hydrogens is 427 g/mol. The molecule has 0 fully saturated rings. The number of rotatable bonds is 7. The predicted molar refractivity (Wildman–Crippen MR) is 112 cm³/mol. The summed E-state index contributed by atoms with van der Waals surface area (Å²) in [5, 5.41) is 6.10. The molecule has 162 valence electrons. The van der Waals surface area contributed by atoms with E-state index in [1.807, 2.05) is 17.5 Å². The number of amides is 1. The second kappa shape index (κ2) is 8.89. The van der Waals surface area contributed by atoms with Crippen molar-refractivity contribution < 1.29 is 22.8 Å². The summed E-state index contributed by atoms with van der Waals surface area (Å²) in [7, 11) is 0. The number of carbonyl (C=O) groups is 2. The highest BCUT2D eigenvalue weighted by Gasteiger charge is 2.32. The van der Waals surface area contributed by atoms with Gasteiger partial charge in [-0.1, -0.05) is 18.2 Å². The van der Waals surface area contributed by atoms with Gasteiger partial charge in [0.1, 0.15) is 0 Å². The number of nitrogens with zero attached hydrogens (tertiary/aromatic N) is 3. The number of halogens is 3. The number of thiophene rings is 1. The molecule has 0 saturated heterocycles. The first-order valence-electron chi connectivity index (χ1n) is 9.34. The summed E-state index contributed by atoms with van der Waals surface area (Å²) in [6.45, 7) is 7.19. The molecular formula is C22H20F3N3O2S. The fourth-order valence-electron chi connectivity index (χ4n) is 3.25. The normalized spacial score (nSPS) is 11.4. The van der Waals surface area contributed by atoms with Crippen LogP contribution < -0.4 is 0 Å². The lowest BCUT2D eigenvalue weighted by atomic mass is 10.1. The van der Waals surface area contributed by atoms with Crippen molar-refractivity contribution in [1.82, 2.24) is 14.7 Å².